The molecule has 1 amide bonds. The molecule has 6 heteroatoms. The topological polar surface area (TPSA) is 35.6 Å². The number of likely N-dealkylation sites (tertiary alicyclic amines) is 2. The number of carbonyl (C=O) groups excluding carboxylic acids is 1. The maximum absolute atomic E-state index is 13.1. The van der Waals surface area contributed by atoms with Gasteiger partial charge in [-0.2, -0.15) is 0 Å². The minimum Gasteiger partial charge on any atom is -0.370 e. The average molecular weight is 503 g/mol. The van der Waals surface area contributed by atoms with Crippen molar-refractivity contribution in [2.24, 2.45) is 5.92 Å². The van der Waals surface area contributed by atoms with Crippen LogP contribution < -0.4 is 5.32 Å². The van der Waals surface area contributed by atoms with E-state index in [9.17, 15) is 4.79 Å². The van der Waals surface area contributed by atoms with Crippen molar-refractivity contribution in [1.82, 2.24) is 15.1 Å². The predicted molar refractivity (Wildman–Crippen MR) is 142 cm³/mol. The summed E-state index contributed by atoms with van der Waals surface area (Å²) in [6, 6.07) is 7.70. The predicted octanol–water partition coefficient (Wildman–Crippen LogP) is 6.73. The van der Waals surface area contributed by atoms with E-state index < -0.39 is 0 Å². The van der Waals surface area contributed by atoms with Gasteiger partial charge in [-0.05, 0) is 101 Å². The summed E-state index contributed by atoms with van der Waals surface area (Å²) in [4.78, 5) is 18.3. The molecule has 4 nitrogen and oxygen atoms in total. The Morgan fingerprint density at radius 1 is 1.09 bits per heavy atom. The molecule has 3 aliphatic rings. The first-order valence-corrected chi connectivity index (χ1v) is 13.5. The maximum Gasteiger partial charge on any atom is 0.255 e. The van der Waals surface area contributed by atoms with E-state index in [1.807, 2.05) is 12.2 Å². The van der Waals surface area contributed by atoms with E-state index in [4.69, 9.17) is 23.2 Å². The molecule has 2 fully saturated rings. The molecule has 1 aromatic rings. The summed E-state index contributed by atoms with van der Waals surface area (Å²) >= 11 is 12.6. The second-order valence-electron chi connectivity index (χ2n) is 9.94. The van der Waals surface area contributed by atoms with E-state index in [1.54, 1.807) is 24.3 Å². The molecule has 1 atom stereocenters. The molecular weight excluding hydrogens is 465 g/mol. The van der Waals surface area contributed by atoms with Crippen LogP contribution in [0.4, 0.5) is 0 Å². The lowest BCUT2D eigenvalue weighted by atomic mass is 9.87. The van der Waals surface area contributed by atoms with Crippen molar-refractivity contribution in [2.75, 3.05) is 26.2 Å². The zero-order chi connectivity index (χ0) is 24.1. The molecule has 0 aromatic heterocycles. The Morgan fingerprint density at radius 3 is 2.53 bits per heavy atom. The largest absolute Gasteiger partial charge is 0.370 e. The molecule has 34 heavy (non-hydrogen) atoms. The number of nitrogens with zero attached hydrogens (tertiary/aromatic N) is 2. The number of amides is 1. The van der Waals surface area contributed by atoms with Crippen LogP contribution in [0, 0.1) is 5.92 Å². The molecule has 1 aliphatic carbocycles. The third kappa shape index (κ3) is 6.27. The van der Waals surface area contributed by atoms with Crippen molar-refractivity contribution in [1.29, 1.82) is 0 Å². The monoisotopic (exact) mass is 501 g/mol. The standard InChI is InChI=1S/C28H37Cl2N3O/c1-20-8-6-10-25(30)19-26(31-28(34)23-9-7-11-24(29)18-23)27(20)33-16-12-22(13-17-33)21(2)32-14-4-3-5-15-32/h7,9-11,18-19,21-22H,3-6,8,12-17H2,1-2H3,(H,31,34). The van der Waals surface area contributed by atoms with Crippen LogP contribution in [-0.2, 0) is 0 Å². The lowest BCUT2D eigenvalue weighted by Crippen LogP contribution is -2.46. The van der Waals surface area contributed by atoms with Gasteiger partial charge in [-0.15, -0.1) is 0 Å². The molecule has 2 aliphatic heterocycles. The van der Waals surface area contributed by atoms with E-state index in [0.717, 1.165) is 43.2 Å². The van der Waals surface area contributed by atoms with Crippen LogP contribution in [0.25, 0.3) is 0 Å². The van der Waals surface area contributed by atoms with Gasteiger partial charge in [0, 0.05) is 34.7 Å². The van der Waals surface area contributed by atoms with Gasteiger partial charge in [0.15, 0.2) is 0 Å². The number of hydrogen-bond donors (Lipinski definition) is 1. The van der Waals surface area contributed by atoms with Gasteiger partial charge in [-0.1, -0.05) is 41.8 Å². The van der Waals surface area contributed by atoms with Gasteiger partial charge >= 0.3 is 0 Å². The molecule has 0 bridgehead atoms. The van der Waals surface area contributed by atoms with Gasteiger partial charge in [0.2, 0.25) is 0 Å². The summed E-state index contributed by atoms with van der Waals surface area (Å²) in [6.45, 7) is 9.11. The summed E-state index contributed by atoms with van der Waals surface area (Å²) in [7, 11) is 0. The lowest BCUT2D eigenvalue weighted by molar-refractivity contribution is 0.0908. The first-order chi connectivity index (χ1) is 16.4. The van der Waals surface area contributed by atoms with Crippen molar-refractivity contribution in [3.05, 3.63) is 69.0 Å². The van der Waals surface area contributed by atoms with Crippen molar-refractivity contribution in [3.63, 3.8) is 0 Å². The molecule has 0 radical (unpaired) electrons. The van der Waals surface area contributed by atoms with E-state index in [0.29, 0.717) is 21.7 Å². The van der Waals surface area contributed by atoms with Crippen LogP contribution in [0.2, 0.25) is 5.02 Å². The number of halogens is 2. The van der Waals surface area contributed by atoms with Gasteiger partial charge in [-0.3, -0.25) is 4.79 Å². The summed E-state index contributed by atoms with van der Waals surface area (Å²) in [5.74, 6) is 0.554. The number of hydrogen-bond acceptors (Lipinski definition) is 3. The molecule has 2 saturated heterocycles. The van der Waals surface area contributed by atoms with Crippen molar-refractivity contribution >= 4 is 29.1 Å². The van der Waals surface area contributed by atoms with Gasteiger partial charge in [0.1, 0.15) is 0 Å². The highest BCUT2D eigenvalue weighted by atomic mass is 35.5. The van der Waals surface area contributed by atoms with Crippen LogP contribution in [0.5, 0.6) is 0 Å². The van der Waals surface area contributed by atoms with Crippen LogP contribution in [-0.4, -0.2) is 47.9 Å². The summed E-state index contributed by atoms with van der Waals surface area (Å²) in [5.41, 5.74) is 3.75. The van der Waals surface area contributed by atoms with Crippen molar-refractivity contribution < 1.29 is 4.79 Å². The highest BCUT2D eigenvalue weighted by molar-refractivity contribution is 6.31. The van der Waals surface area contributed by atoms with Crippen LogP contribution >= 0.6 is 23.2 Å². The molecule has 4 rings (SSSR count). The molecule has 1 unspecified atom stereocenters. The fraction of sp³-hybridized carbons (Fsp3) is 0.536. The SMILES string of the molecule is CC1=C(N2CCC(C(C)N3CCCCC3)CC2)C(NC(=O)c2cccc(Cl)c2)=CC(Cl)=CCC1. The first kappa shape index (κ1) is 25.3. The Balaban J connectivity index is 1.51. The van der Waals surface area contributed by atoms with E-state index in [-0.39, 0.29) is 5.91 Å². The molecule has 0 saturated carbocycles. The fourth-order valence-corrected chi connectivity index (χ4v) is 6.04. The van der Waals surface area contributed by atoms with Crippen molar-refractivity contribution in [3.8, 4) is 0 Å². The zero-order valence-corrected chi connectivity index (χ0v) is 22.0. The van der Waals surface area contributed by atoms with Crippen LogP contribution in [0.3, 0.4) is 0 Å². The number of piperidine rings is 2. The van der Waals surface area contributed by atoms with E-state index in [1.165, 1.54) is 50.8 Å². The number of rotatable bonds is 5. The Labute approximate surface area is 214 Å². The smallest absolute Gasteiger partial charge is 0.255 e. The maximum atomic E-state index is 13.1. The third-order valence-corrected chi connectivity index (χ3v) is 8.14. The first-order valence-electron chi connectivity index (χ1n) is 12.8. The van der Waals surface area contributed by atoms with Gasteiger partial charge in [-0.25, -0.2) is 0 Å². The molecule has 1 aromatic carbocycles. The average Bonchev–Trinajstić information content (AvgIpc) is 2.84. The quantitative estimate of drug-likeness (QED) is 0.485. The van der Waals surface area contributed by atoms with Crippen LogP contribution in [0.15, 0.2) is 58.4 Å². The molecule has 1 N–H and O–H groups in total. The molecule has 184 valence electrons. The summed E-state index contributed by atoms with van der Waals surface area (Å²) in [5, 5.41) is 4.37. The number of allylic oxidation sites excluding steroid dienone is 4. The Morgan fingerprint density at radius 2 is 1.82 bits per heavy atom. The van der Waals surface area contributed by atoms with Crippen molar-refractivity contribution in [2.45, 2.75) is 64.8 Å². The second-order valence-corrected chi connectivity index (χ2v) is 10.8. The molecular formula is C28H37Cl2N3O. The van der Waals surface area contributed by atoms with Crippen LogP contribution in [0.1, 0.15) is 69.2 Å². The lowest BCUT2D eigenvalue weighted by Gasteiger charge is -2.43. The normalized spacial score (nSPS) is 21.9. The molecule has 0 spiro atoms. The fourth-order valence-electron chi connectivity index (χ4n) is 5.63. The number of nitrogens with one attached hydrogen (secondary N) is 1. The summed E-state index contributed by atoms with van der Waals surface area (Å²) < 4.78 is 0. The minimum atomic E-state index is -0.169. The highest BCUT2D eigenvalue weighted by Gasteiger charge is 2.30. The third-order valence-electron chi connectivity index (χ3n) is 7.64. The molecule has 2 heterocycles. The Bertz CT molecular complexity index is 970. The highest BCUT2D eigenvalue weighted by Crippen LogP contribution is 2.32. The second kappa shape index (κ2) is 11.8. The Hall–Kier alpha value is -1.75. The number of carbonyl (C=O) groups is 1. The summed E-state index contributed by atoms with van der Waals surface area (Å²) in [6.07, 6.45) is 12.2. The Kier molecular flexibility index (Phi) is 8.79. The van der Waals surface area contributed by atoms with Gasteiger partial charge in [0.05, 0.1) is 11.4 Å². The zero-order valence-electron chi connectivity index (χ0n) is 20.5. The van der Waals surface area contributed by atoms with E-state index >= 15 is 0 Å². The van der Waals surface area contributed by atoms with Gasteiger partial charge < -0.3 is 15.1 Å². The van der Waals surface area contributed by atoms with Gasteiger partial charge in [0.25, 0.3) is 5.91 Å². The van der Waals surface area contributed by atoms with E-state index in [2.05, 4.69) is 29.0 Å². The minimum absolute atomic E-state index is 0.169. The number of benzene rings is 1.